The van der Waals surface area contributed by atoms with Crippen LogP contribution in [0.2, 0.25) is 0 Å². The van der Waals surface area contributed by atoms with E-state index in [-0.39, 0.29) is 23.7 Å². The van der Waals surface area contributed by atoms with Crippen molar-refractivity contribution in [2.24, 2.45) is 5.92 Å². The predicted molar refractivity (Wildman–Crippen MR) is 111 cm³/mol. The molecule has 2 aromatic rings. The van der Waals surface area contributed by atoms with Crippen molar-refractivity contribution in [1.82, 2.24) is 5.32 Å². The Morgan fingerprint density at radius 2 is 1.47 bits per heavy atom. The maximum Gasteiger partial charge on any atom is 0.126 e. The number of hydrogen-bond donors (Lipinski definition) is 3. The second kappa shape index (κ2) is 9.41. The average molecular weight is 417 g/mol. The summed E-state index contributed by atoms with van der Waals surface area (Å²) in [5, 5.41) is 24.3. The number of ether oxygens (including phenoxy) is 1. The van der Waals surface area contributed by atoms with E-state index < -0.39 is 12.2 Å². The number of aryl methyl sites for hydroxylation is 3. The first kappa shape index (κ1) is 21.2. The van der Waals surface area contributed by atoms with Gasteiger partial charge in [-0.25, -0.2) is 8.78 Å². The monoisotopic (exact) mass is 417 g/mol. The number of hydrogen-bond acceptors (Lipinski definition) is 4. The molecule has 0 fully saturated rings. The summed E-state index contributed by atoms with van der Waals surface area (Å²) in [5.74, 6) is 0.277. The van der Waals surface area contributed by atoms with Crippen LogP contribution in [0.25, 0.3) is 0 Å². The summed E-state index contributed by atoms with van der Waals surface area (Å²) in [7, 11) is 0. The van der Waals surface area contributed by atoms with Crippen molar-refractivity contribution in [3.63, 3.8) is 0 Å². The van der Waals surface area contributed by atoms with Crippen molar-refractivity contribution in [3.8, 4) is 5.75 Å². The highest BCUT2D eigenvalue weighted by atomic mass is 19.1. The van der Waals surface area contributed by atoms with E-state index in [1.54, 1.807) is 12.1 Å². The lowest BCUT2D eigenvalue weighted by Crippen LogP contribution is -2.44. The van der Waals surface area contributed by atoms with Gasteiger partial charge in [-0.1, -0.05) is 6.07 Å². The predicted octanol–water partition coefficient (Wildman–Crippen LogP) is 3.17. The van der Waals surface area contributed by atoms with Gasteiger partial charge in [0.25, 0.3) is 0 Å². The number of aliphatic hydroxyl groups is 2. The number of fused-ring (bicyclic) bond motifs is 2. The van der Waals surface area contributed by atoms with Gasteiger partial charge in [-0.15, -0.1) is 0 Å². The minimum Gasteiger partial charge on any atom is -0.487 e. The van der Waals surface area contributed by atoms with Crippen LogP contribution in [-0.4, -0.2) is 41.6 Å². The lowest BCUT2D eigenvalue weighted by atomic mass is 9.93. The van der Waals surface area contributed by atoms with Crippen LogP contribution in [0.4, 0.5) is 8.78 Å². The van der Waals surface area contributed by atoms with Gasteiger partial charge in [0.1, 0.15) is 29.6 Å². The van der Waals surface area contributed by atoms with Crippen LogP contribution in [-0.2, 0) is 19.3 Å². The Labute approximate surface area is 175 Å². The molecule has 1 aliphatic heterocycles. The van der Waals surface area contributed by atoms with Gasteiger partial charge >= 0.3 is 0 Å². The molecule has 0 saturated heterocycles. The van der Waals surface area contributed by atoms with Crippen LogP contribution in [0.3, 0.4) is 0 Å². The molecule has 30 heavy (non-hydrogen) atoms. The SMILES string of the molecule is O[C@@H](CNC[C@H](O)[C@@H]1CCc2cc(F)ccc2O1)[C@@H]1CCc2ccc(F)cc2CC1. The molecule has 4 nitrogen and oxygen atoms in total. The number of benzene rings is 2. The molecule has 162 valence electrons. The first-order chi connectivity index (χ1) is 14.5. The van der Waals surface area contributed by atoms with E-state index >= 15 is 0 Å². The molecule has 4 atom stereocenters. The van der Waals surface area contributed by atoms with Crippen molar-refractivity contribution in [1.29, 1.82) is 0 Å². The molecular formula is C24H29F2NO3. The van der Waals surface area contributed by atoms with Crippen LogP contribution in [0.15, 0.2) is 36.4 Å². The molecule has 0 aromatic heterocycles. The zero-order valence-corrected chi connectivity index (χ0v) is 17.0. The summed E-state index contributed by atoms with van der Waals surface area (Å²) in [5.41, 5.74) is 3.04. The molecule has 0 amide bonds. The Morgan fingerprint density at radius 1 is 0.833 bits per heavy atom. The number of nitrogens with one attached hydrogen (secondary N) is 1. The average Bonchev–Trinajstić information content (AvgIpc) is 2.95. The number of aliphatic hydroxyl groups excluding tert-OH is 2. The third kappa shape index (κ3) is 4.99. The van der Waals surface area contributed by atoms with Crippen LogP contribution in [0.5, 0.6) is 5.75 Å². The molecule has 0 radical (unpaired) electrons. The molecular weight excluding hydrogens is 388 g/mol. The van der Waals surface area contributed by atoms with Crippen LogP contribution < -0.4 is 10.1 Å². The van der Waals surface area contributed by atoms with E-state index in [0.29, 0.717) is 31.7 Å². The molecule has 0 unspecified atom stereocenters. The second-order valence-corrected chi connectivity index (χ2v) is 8.49. The molecule has 0 bridgehead atoms. The highest BCUT2D eigenvalue weighted by molar-refractivity contribution is 5.36. The first-order valence-corrected chi connectivity index (χ1v) is 10.8. The van der Waals surface area contributed by atoms with Crippen molar-refractivity contribution in [2.45, 2.75) is 56.8 Å². The lowest BCUT2D eigenvalue weighted by molar-refractivity contribution is 0.0205. The highest BCUT2D eigenvalue weighted by Gasteiger charge is 2.27. The van der Waals surface area contributed by atoms with Crippen molar-refractivity contribution >= 4 is 0 Å². The van der Waals surface area contributed by atoms with Gasteiger partial charge in [-0.3, -0.25) is 0 Å². The normalized spacial score (nSPS) is 22.9. The van der Waals surface area contributed by atoms with E-state index in [1.165, 1.54) is 23.8 Å². The Bertz CT molecular complexity index is 876. The van der Waals surface area contributed by atoms with Gasteiger partial charge in [0, 0.05) is 13.1 Å². The third-order valence-electron chi connectivity index (χ3n) is 6.42. The van der Waals surface area contributed by atoms with Crippen LogP contribution >= 0.6 is 0 Å². The van der Waals surface area contributed by atoms with Crippen molar-refractivity contribution < 1.29 is 23.7 Å². The van der Waals surface area contributed by atoms with Crippen LogP contribution in [0.1, 0.15) is 36.0 Å². The van der Waals surface area contributed by atoms with Crippen molar-refractivity contribution in [2.75, 3.05) is 13.1 Å². The molecule has 0 saturated carbocycles. The largest absolute Gasteiger partial charge is 0.487 e. The van der Waals surface area contributed by atoms with E-state index in [2.05, 4.69) is 5.32 Å². The minimum absolute atomic E-state index is 0.137. The van der Waals surface area contributed by atoms with Crippen molar-refractivity contribution in [3.05, 3.63) is 64.7 Å². The standard InChI is InChI=1S/C24H29F2NO3/c25-19-7-5-15-1-2-16(3-4-17(15)11-19)21(28)13-27-14-22(29)24-9-6-18-12-20(26)8-10-23(18)30-24/h5,7-8,10-12,16,21-22,24,27-29H,1-4,6,9,13-14H2/t16-,21+,22+,24+/m1/s1. The zero-order valence-electron chi connectivity index (χ0n) is 17.0. The fourth-order valence-electron chi connectivity index (χ4n) is 4.61. The van der Waals surface area contributed by atoms with E-state index in [4.69, 9.17) is 4.74 Å². The van der Waals surface area contributed by atoms with Gasteiger partial charge in [-0.2, -0.15) is 0 Å². The second-order valence-electron chi connectivity index (χ2n) is 8.49. The highest BCUT2D eigenvalue weighted by Crippen LogP contribution is 2.30. The lowest BCUT2D eigenvalue weighted by Gasteiger charge is -2.30. The maximum atomic E-state index is 13.5. The topological polar surface area (TPSA) is 61.7 Å². The van der Waals surface area contributed by atoms with Crippen LogP contribution in [0, 0.1) is 17.6 Å². The molecule has 1 heterocycles. The van der Waals surface area contributed by atoms with Gasteiger partial charge in [0.2, 0.25) is 0 Å². The van der Waals surface area contributed by atoms with E-state index in [9.17, 15) is 19.0 Å². The van der Waals surface area contributed by atoms with Gasteiger partial charge < -0.3 is 20.3 Å². The van der Waals surface area contributed by atoms with Gasteiger partial charge in [0.05, 0.1) is 6.10 Å². The Hall–Kier alpha value is -2.02. The zero-order chi connectivity index (χ0) is 21.1. The van der Waals surface area contributed by atoms with E-state index in [1.807, 2.05) is 6.07 Å². The summed E-state index contributed by atoms with van der Waals surface area (Å²) < 4.78 is 32.6. The summed E-state index contributed by atoms with van der Waals surface area (Å²) in [4.78, 5) is 0. The summed E-state index contributed by atoms with van der Waals surface area (Å²) in [6.07, 6.45) is 3.01. The molecule has 2 aromatic carbocycles. The summed E-state index contributed by atoms with van der Waals surface area (Å²) in [6.45, 7) is 0.706. The number of rotatable bonds is 6. The molecule has 1 aliphatic carbocycles. The quantitative estimate of drug-likeness (QED) is 0.632. The maximum absolute atomic E-state index is 13.5. The van der Waals surface area contributed by atoms with Gasteiger partial charge in [-0.05, 0) is 91.5 Å². The smallest absolute Gasteiger partial charge is 0.126 e. The third-order valence-corrected chi connectivity index (χ3v) is 6.42. The molecule has 6 heteroatoms. The Kier molecular flexibility index (Phi) is 6.66. The summed E-state index contributed by atoms with van der Waals surface area (Å²) >= 11 is 0. The Balaban J connectivity index is 1.23. The molecule has 4 rings (SSSR count). The Morgan fingerprint density at radius 3 is 2.27 bits per heavy atom. The number of halogens is 2. The summed E-state index contributed by atoms with van der Waals surface area (Å²) in [6, 6.07) is 9.41. The van der Waals surface area contributed by atoms with Gasteiger partial charge in [0.15, 0.2) is 0 Å². The van der Waals surface area contributed by atoms with E-state index in [0.717, 1.165) is 36.8 Å². The first-order valence-electron chi connectivity index (χ1n) is 10.8. The molecule has 3 N–H and O–H groups in total. The molecule has 0 spiro atoms. The fraction of sp³-hybridized carbons (Fsp3) is 0.500. The fourth-order valence-corrected chi connectivity index (χ4v) is 4.61. The molecule has 2 aliphatic rings. The minimum atomic E-state index is -0.711.